The summed E-state index contributed by atoms with van der Waals surface area (Å²) in [6.45, 7) is 1.60. The van der Waals surface area contributed by atoms with Gasteiger partial charge in [0, 0.05) is 23.6 Å². The molecule has 132 valence electrons. The largest absolute Gasteiger partial charge is 0.416 e. The summed E-state index contributed by atoms with van der Waals surface area (Å²) in [6.07, 6.45) is -4.48. The summed E-state index contributed by atoms with van der Waals surface area (Å²) in [5, 5.41) is 5.24. The van der Waals surface area contributed by atoms with Gasteiger partial charge in [-0.2, -0.15) is 18.2 Å². The van der Waals surface area contributed by atoms with E-state index in [9.17, 15) is 21.6 Å². The van der Waals surface area contributed by atoms with Gasteiger partial charge in [0.2, 0.25) is 11.7 Å². The van der Waals surface area contributed by atoms with Crippen molar-refractivity contribution in [2.45, 2.75) is 17.3 Å². The predicted molar refractivity (Wildman–Crippen MR) is 84.6 cm³/mol. The van der Waals surface area contributed by atoms with Crippen LogP contribution < -0.4 is 4.72 Å². The summed E-state index contributed by atoms with van der Waals surface area (Å²) < 4.78 is 69.3. The van der Waals surface area contributed by atoms with Gasteiger partial charge < -0.3 is 4.52 Å². The van der Waals surface area contributed by atoms with E-state index >= 15 is 0 Å². The Balaban J connectivity index is 1.81. The fraction of sp³-hybridized carbons (Fsp3) is 0.143. The maximum absolute atomic E-state index is 12.5. The van der Waals surface area contributed by atoms with Gasteiger partial charge in [0.1, 0.15) is 4.21 Å². The third-order valence-electron chi connectivity index (χ3n) is 3.09. The first-order valence-electron chi connectivity index (χ1n) is 6.74. The van der Waals surface area contributed by atoms with E-state index in [2.05, 4.69) is 14.9 Å². The first-order valence-corrected chi connectivity index (χ1v) is 9.11. The van der Waals surface area contributed by atoms with Crippen LogP contribution in [0.1, 0.15) is 11.5 Å². The lowest BCUT2D eigenvalue weighted by Crippen LogP contribution is -2.12. The fourth-order valence-electron chi connectivity index (χ4n) is 1.92. The number of sulfonamides is 1. The first kappa shape index (κ1) is 17.4. The average Bonchev–Trinajstić information content (AvgIpc) is 3.15. The lowest BCUT2D eigenvalue weighted by molar-refractivity contribution is -0.137. The second-order valence-electron chi connectivity index (χ2n) is 4.97. The minimum absolute atomic E-state index is 0.0233. The molecule has 2 aromatic heterocycles. The third-order valence-corrected chi connectivity index (χ3v) is 5.91. The molecule has 0 aliphatic carbocycles. The number of nitrogens with one attached hydrogen (secondary N) is 1. The number of benzene rings is 1. The van der Waals surface area contributed by atoms with Crippen LogP contribution in [0.25, 0.3) is 11.4 Å². The van der Waals surface area contributed by atoms with Crippen LogP contribution in [0.4, 0.5) is 18.9 Å². The quantitative estimate of drug-likeness (QED) is 0.731. The van der Waals surface area contributed by atoms with Crippen LogP contribution in [-0.4, -0.2) is 18.6 Å². The molecule has 0 saturated heterocycles. The van der Waals surface area contributed by atoms with Crippen LogP contribution in [0.5, 0.6) is 0 Å². The molecule has 0 aliphatic rings. The van der Waals surface area contributed by atoms with Gasteiger partial charge in [-0.05, 0) is 30.3 Å². The van der Waals surface area contributed by atoms with Crippen LogP contribution in [0, 0.1) is 6.92 Å². The van der Waals surface area contributed by atoms with E-state index in [0.717, 1.165) is 35.6 Å². The molecular weight excluding hydrogens is 379 g/mol. The molecule has 25 heavy (non-hydrogen) atoms. The predicted octanol–water partition coefficient (Wildman–Crippen LogP) is 3.93. The molecule has 6 nitrogen and oxygen atoms in total. The molecule has 0 bridgehead atoms. The SMILES string of the molecule is Cc1nc(-c2csc(S(=O)(=O)Nc3ccc(C(F)(F)F)cc3)c2)no1. The Morgan fingerprint density at radius 3 is 2.44 bits per heavy atom. The van der Waals surface area contributed by atoms with E-state index in [1.54, 1.807) is 12.3 Å². The Hall–Kier alpha value is -2.40. The van der Waals surface area contributed by atoms with Crippen molar-refractivity contribution < 1.29 is 26.1 Å². The van der Waals surface area contributed by atoms with E-state index in [1.807, 2.05) is 0 Å². The van der Waals surface area contributed by atoms with Gasteiger partial charge in [-0.25, -0.2) is 8.42 Å². The van der Waals surface area contributed by atoms with Gasteiger partial charge in [0.05, 0.1) is 5.56 Å². The van der Waals surface area contributed by atoms with E-state index in [0.29, 0.717) is 11.5 Å². The van der Waals surface area contributed by atoms with Gasteiger partial charge in [0.15, 0.2) is 0 Å². The smallest absolute Gasteiger partial charge is 0.339 e. The summed E-state index contributed by atoms with van der Waals surface area (Å²) in [7, 11) is -3.94. The monoisotopic (exact) mass is 389 g/mol. The number of alkyl halides is 3. The number of aromatic nitrogens is 2. The molecule has 0 amide bonds. The Bertz CT molecular complexity index is 992. The van der Waals surface area contributed by atoms with Crippen LogP contribution in [-0.2, 0) is 16.2 Å². The van der Waals surface area contributed by atoms with Crippen molar-refractivity contribution >= 4 is 27.0 Å². The van der Waals surface area contributed by atoms with Crippen molar-refractivity contribution in [2.24, 2.45) is 0 Å². The van der Waals surface area contributed by atoms with E-state index in [-0.39, 0.29) is 15.7 Å². The van der Waals surface area contributed by atoms with Crippen LogP contribution in [0.3, 0.4) is 0 Å². The van der Waals surface area contributed by atoms with Crippen molar-refractivity contribution in [2.75, 3.05) is 4.72 Å². The lowest BCUT2D eigenvalue weighted by atomic mass is 10.2. The van der Waals surface area contributed by atoms with E-state index < -0.39 is 21.8 Å². The molecule has 1 aromatic carbocycles. The second kappa shape index (κ2) is 6.15. The highest BCUT2D eigenvalue weighted by atomic mass is 32.2. The molecule has 3 rings (SSSR count). The number of hydrogen-bond donors (Lipinski definition) is 1. The highest BCUT2D eigenvalue weighted by Crippen LogP contribution is 2.31. The molecule has 0 atom stereocenters. The van der Waals surface area contributed by atoms with Crippen LogP contribution >= 0.6 is 11.3 Å². The molecule has 0 radical (unpaired) electrons. The maximum atomic E-state index is 12.5. The number of nitrogens with zero attached hydrogens (tertiary/aromatic N) is 2. The van der Waals surface area contributed by atoms with Gasteiger partial charge in [-0.1, -0.05) is 5.16 Å². The average molecular weight is 389 g/mol. The highest BCUT2D eigenvalue weighted by molar-refractivity contribution is 7.94. The van der Waals surface area contributed by atoms with Crippen LogP contribution in [0.15, 0.2) is 44.4 Å². The van der Waals surface area contributed by atoms with Gasteiger partial charge in [0.25, 0.3) is 10.0 Å². The zero-order chi connectivity index (χ0) is 18.2. The Morgan fingerprint density at radius 2 is 1.88 bits per heavy atom. The highest BCUT2D eigenvalue weighted by Gasteiger charge is 2.30. The third kappa shape index (κ3) is 3.82. The number of rotatable bonds is 4. The molecule has 0 fully saturated rings. The summed E-state index contributed by atoms with van der Waals surface area (Å²) >= 11 is 0.935. The zero-order valence-electron chi connectivity index (χ0n) is 12.5. The van der Waals surface area contributed by atoms with Crippen molar-refractivity contribution in [1.82, 2.24) is 10.1 Å². The molecule has 11 heteroatoms. The van der Waals surface area contributed by atoms with Crippen molar-refractivity contribution in [3.63, 3.8) is 0 Å². The lowest BCUT2D eigenvalue weighted by Gasteiger charge is -2.09. The number of hydrogen-bond acceptors (Lipinski definition) is 6. The minimum atomic E-state index is -4.48. The summed E-state index contributed by atoms with van der Waals surface area (Å²) in [4.78, 5) is 4.00. The summed E-state index contributed by atoms with van der Waals surface area (Å²) in [5.41, 5.74) is -0.366. The van der Waals surface area contributed by atoms with Crippen molar-refractivity contribution in [3.8, 4) is 11.4 Å². The number of anilines is 1. The maximum Gasteiger partial charge on any atom is 0.416 e. The van der Waals surface area contributed by atoms with E-state index in [1.165, 1.54) is 6.07 Å². The Labute approximate surface area is 144 Å². The first-order chi connectivity index (χ1) is 11.6. The van der Waals surface area contributed by atoms with Crippen molar-refractivity contribution in [3.05, 3.63) is 47.2 Å². The number of thiophene rings is 1. The van der Waals surface area contributed by atoms with Crippen molar-refractivity contribution in [1.29, 1.82) is 0 Å². The Morgan fingerprint density at radius 1 is 1.20 bits per heavy atom. The van der Waals surface area contributed by atoms with Crippen LogP contribution in [0.2, 0.25) is 0 Å². The molecule has 1 N–H and O–H groups in total. The number of halogens is 3. The fourth-order valence-corrected chi connectivity index (χ4v) is 4.14. The van der Waals surface area contributed by atoms with E-state index in [4.69, 9.17) is 4.52 Å². The normalized spacial score (nSPS) is 12.3. The molecular formula is C14H10F3N3O3S2. The standard InChI is InChI=1S/C14H10F3N3O3S2/c1-8-18-13(19-23-8)9-6-12(24-7-9)25(21,22)20-11-4-2-10(3-5-11)14(15,16)17/h2-7,20H,1H3. The topological polar surface area (TPSA) is 85.1 Å². The summed E-state index contributed by atoms with van der Waals surface area (Å²) in [5.74, 6) is 0.596. The zero-order valence-corrected chi connectivity index (χ0v) is 14.2. The van der Waals surface area contributed by atoms with Gasteiger partial charge in [-0.3, -0.25) is 4.72 Å². The molecule has 0 saturated carbocycles. The summed E-state index contributed by atoms with van der Waals surface area (Å²) in [6, 6.07) is 5.08. The van der Waals surface area contributed by atoms with Gasteiger partial charge in [-0.15, -0.1) is 11.3 Å². The molecule has 2 heterocycles. The molecule has 0 unspecified atom stereocenters. The van der Waals surface area contributed by atoms with Gasteiger partial charge >= 0.3 is 6.18 Å². The minimum Gasteiger partial charge on any atom is -0.339 e. The number of aryl methyl sites for hydroxylation is 1. The molecule has 0 spiro atoms. The molecule has 3 aromatic rings. The second-order valence-corrected chi connectivity index (χ2v) is 7.79. The Kier molecular flexibility index (Phi) is 4.29. The molecule has 0 aliphatic heterocycles.